The van der Waals surface area contributed by atoms with E-state index >= 15 is 0 Å². The number of benzene rings is 1. The number of amides is 2. The largest absolute Gasteiger partial charge is 0.369 e. The van der Waals surface area contributed by atoms with E-state index in [2.05, 4.69) is 12.2 Å². The summed E-state index contributed by atoms with van der Waals surface area (Å²) < 4.78 is 12.9. The van der Waals surface area contributed by atoms with Crippen molar-refractivity contribution in [1.29, 1.82) is 0 Å². The molecule has 1 fully saturated rings. The Hall–Kier alpha value is -1.91. The first kappa shape index (κ1) is 16.5. The van der Waals surface area contributed by atoms with Crippen molar-refractivity contribution >= 4 is 11.8 Å². The molecule has 2 rings (SSSR count). The lowest BCUT2D eigenvalue weighted by molar-refractivity contribution is -0.123. The topological polar surface area (TPSA) is 72.2 Å². The van der Waals surface area contributed by atoms with E-state index < -0.39 is 11.8 Å². The number of nitrogens with two attached hydrogens (primary N) is 1. The highest BCUT2D eigenvalue weighted by molar-refractivity contribution is 5.80. The van der Waals surface area contributed by atoms with Gasteiger partial charge in [0.25, 0.3) is 0 Å². The highest BCUT2D eigenvalue weighted by Gasteiger charge is 2.29. The highest BCUT2D eigenvalue weighted by Crippen LogP contribution is 2.38. The number of rotatable bonds is 8. The average Bonchev–Trinajstić information content (AvgIpc) is 3.29. The maximum atomic E-state index is 12.9. The lowest BCUT2D eigenvalue weighted by Crippen LogP contribution is -2.37. The minimum absolute atomic E-state index is 0.0373. The second-order valence-corrected chi connectivity index (χ2v) is 6.25. The van der Waals surface area contributed by atoms with Crippen LogP contribution in [0.15, 0.2) is 24.3 Å². The lowest BCUT2D eigenvalue weighted by atomic mass is 9.98. The van der Waals surface area contributed by atoms with Crippen molar-refractivity contribution in [1.82, 2.24) is 5.32 Å². The molecule has 22 heavy (non-hydrogen) atoms. The summed E-state index contributed by atoms with van der Waals surface area (Å²) in [5, 5.41) is 2.80. The Morgan fingerprint density at radius 3 is 2.50 bits per heavy atom. The van der Waals surface area contributed by atoms with Crippen LogP contribution in [-0.4, -0.2) is 18.4 Å². The van der Waals surface area contributed by atoms with E-state index in [1.165, 1.54) is 25.0 Å². The Bertz CT molecular complexity index is 526. The fourth-order valence-electron chi connectivity index (χ4n) is 2.61. The van der Waals surface area contributed by atoms with Gasteiger partial charge >= 0.3 is 0 Å². The lowest BCUT2D eigenvalue weighted by Gasteiger charge is -2.16. The number of nitrogens with one attached hydrogen (secondary N) is 1. The number of halogens is 1. The summed E-state index contributed by atoms with van der Waals surface area (Å²) in [6.07, 6.45) is 3.31. The zero-order valence-electron chi connectivity index (χ0n) is 12.8. The molecule has 0 aromatic heterocycles. The third-order valence-corrected chi connectivity index (χ3v) is 4.28. The van der Waals surface area contributed by atoms with Gasteiger partial charge < -0.3 is 11.1 Å². The Morgan fingerprint density at radius 1 is 1.32 bits per heavy atom. The molecule has 0 spiro atoms. The van der Waals surface area contributed by atoms with Crippen LogP contribution in [-0.2, 0) is 16.0 Å². The Balaban J connectivity index is 1.81. The molecule has 0 aliphatic heterocycles. The molecule has 120 valence electrons. The van der Waals surface area contributed by atoms with Crippen molar-refractivity contribution < 1.29 is 14.0 Å². The van der Waals surface area contributed by atoms with Crippen LogP contribution in [0.1, 0.15) is 31.7 Å². The van der Waals surface area contributed by atoms with Crippen molar-refractivity contribution in [3.63, 3.8) is 0 Å². The SMILES string of the molecule is C[C@@H](CC(=O)NC[C@@H](Cc1ccc(F)cc1)C(N)=O)C1CC1. The predicted molar refractivity (Wildman–Crippen MR) is 82.3 cm³/mol. The molecule has 0 bridgehead atoms. The van der Waals surface area contributed by atoms with Crippen LogP contribution in [0.2, 0.25) is 0 Å². The molecule has 2 amide bonds. The van der Waals surface area contributed by atoms with Crippen LogP contribution in [0.4, 0.5) is 4.39 Å². The first-order chi connectivity index (χ1) is 10.5. The molecule has 1 aliphatic rings. The maximum absolute atomic E-state index is 12.9. The van der Waals surface area contributed by atoms with Crippen molar-refractivity contribution in [3.8, 4) is 0 Å². The van der Waals surface area contributed by atoms with Crippen LogP contribution < -0.4 is 11.1 Å². The summed E-state index contributed by atoms with van der Waals surface area (Å²) in [4.78, 5) is 23.4. The molecule has 0 unspecified atom stereocenters. The fourth-order valence-corrected chi connectivity index (χ4v) is 2.61. The summed E-state index contributed by atoms with van der Waals surface area (Å²) in [5.74, 6) is -0.224. The molecule has 0 heterocycles. The molecule has 4 nitrogen and oxygen atoms in total. The normalized spacial score (nSPS) is 16.8. The number of hydrogen-bond acceptors (Lipinski definition) is 2. The number of hydrogen-bond donors (Lipinski definition) is 2. The van der Waals surface area contributed by atoms with Crippen LogP contribution in [0.25, 0.3) is 0 Å². The van der Waals surface area contributed by atoms with Crippen molar-refractivity contribution in [2.75, 3.05) is 6.54 Å². The second kappa shape index (κ2) is 7.38. The maximum Gasteiger partial charge on any atom is 0.222 e. The van der Waals surface area contributed by atoms with Crippen LogP contribution in [0, 0.1) is 23.6 Å². The van der Waals surface area contributed by atoms with Gasteiger partial charge in [-0.15, -0.1) is 0 Å². The highest BCUT2D eigenvalue weighted by atomic mass is 19.1. The zero-order chi connectivity index (χ0) is 16.1. The van der Waals surface area contributed by atoms with Gasteiger partial charge in [0.2, 0.25) is 11.8 Å². The average molecular weight is 306 g/mol. The number of carbonyl (C=O) groups excluding carboxylic acids is 2. The Morgan fingerprint density at radius 2 is 1.95 bits per heavy atom. The van der Waals surface area contributed by atoms with Gasteiger partial charge in [0.1, 0.15) is 5.82 Å². The molecule has 0 radical (unpaired) electrons. The monoisotopic (exact) mass is 306 g/mol. The van der Waals surface area contributed by atoms with E-state index in [4.69, 9.17) is 5.73 Å². The van der Waals surface area contributed by atoms with Crippen LogP contribution >= 0.6 is 0 Å². The van der Waals surface area contributed by atoms with Gasteiger partial charge in [-0.05, 0) is 48.8 Å². The van der Waals surface area contributed by atoms with Crippen LogP contribution in [0.3, 0.4) is 0 Å². The molecule has 2 atom stereocenters. The molecular weight excluding hydrogens is 283 g/mol. The van der Waals surface area contributed by atoms with E-state index in [1.54, 1.807) is 12.1 Å². The van der Waals surface area contributed by atoms with Gasteiger partial charge in [0, 0.05) is 13.0 Å². The molecule has 3 N–H and O–H groups in total. The number of carbonyl (C=O) groups is 2. The van der Waals surface area contributed by atoms with E-state index in [0.717, 1.165) is 5.56 Å². The molecule has 1 aromatic carbocycles. The van der Waals surface area contributed by atoms with Gasteiger partial charge in [0.05, 0.1) is 5.92 Å². The smallest absolute Gasteiger partial charge is 0.222 e. The summed E-state index contributed by atoms with van der Waals surface area (Å²) >= 11 is 0. The molecule has 1 saturated carbocycles. The molecular formula is C17H23FN2O2. The van der Waals surface area contributed by atoms with E-state index in [1.807, 2.05) is 0 Å². The first-order valence-electron chi connectivity index (χ1n) is 7.76. The number of primary amides is 1. The summed E-state index contributed by atoms with van der Waals surface area (Å²) in [5.41, 5.74) is 6.22. The second-order valence-electron chi connectivity index (χ2n) is 6.25. The first-order valence-corrected chi connectivity index (χ1v) is 7.76. The van der Waals surface area contributed by atoms with Gasteiger partial charge in [-0.25, -0.2) is 4.39 Å². The molecule has 1 aliphatic carbocycles. The van der Waals surface area contributed by atoms with Gasteiger partial charge in [-0.2, -0.15) is 0 Å². The summed E-state index contributed by atoms with van der Waals surface area (Å²) in [6.45, 7) is 2.31. The van der Waals surface area contributed by atoms with Crippen molar-refractivity contribution in [2.45, 2.75) is 32.6 Å². The Labute approximate surface area is 130 Å². The van der Waals surface area contributed by atoms with E-state index in [-0.39, 0.29) is 18.3 Å². The van der Waals surface area contributed by atoms with Gasteiger partial charge in [-0.1, -0.05) is 19.1 Å². The predicted octanol–water partition coefficient (Wildman–Crippen LogP) is 2.02. The zero-order valence-corrected chi connectivity index (χ0v) is 12.8. The third-order valence-electron chi connectivity index (χ3n) is 4.28. The summed E-state index contributed by atoms with van der Waals surface area (Å²) in [7, 11) is 0. The molecule has 5 heteroatoms. The van der Waals surface area contributed by atoms with Gasteiger partial charge in [0.15, 0.2) is 0 Å². The quantitative estimate of drug-likeness (QED) is 0.771. The Kier molecular flexibility index (Phi) is 5.52. The minimum atomic E-state index is -0.481. The minimum Gasteiger partial charge on any atom is -0.369 e. The van der Waals surface area contributed by atoms with Gasteiger partial charge in [-0.3, -0.25) is 9.59 Å². The van der Waals surface area contributed by atoms with Crippen LogP contribution in [0.5, 0.6) is 0 Å². The molecule has 0 saturated heterocycles. The standard InChI is InChI=1S/C17H23FN2O2/c1-11(13-4-5-13)8-16(21)20-10-14(17(19)22)9-12-2-6-15(18)7-3-12/h2-3,6-7,11,13-14H,4-5,8-10H2,1H3,(H2,19,22)(H,20,21)/t11-,14+/m0/s1. The third kappa shape index (κ3) is 5.13. The molecule has 1 aromatic rings. The van der Waals surface area contributed by atoms with E-state index in [9.17, 15) is 14.0 Å². The van der Waals surface area contributed by atoms with Crippen molar-refractivity contribution in [3.05, 3.63) is 35.6 Å². The van der Waals surface area contributed by atoms with Crippen molar-refractivity contribution in [2.24, 2.45) is 23.5 Å². The fraction of sp³-hybridized carbons (Fsp3) is 0.529. The summed E-state index contributed by atoms with van der Waals surface area (Å²) in [6, 6.07) is 5.96. The van der Waals surface area contributed by atoms with E-state index in [0.29, 0.717) is 24.7 Å².